The molecule has 0 aromatic heterocycles. The molecule has 0 rings (SSSR count). The maximum atomic E-state index is 10.5. The third-order valence-electron chi connectivity index (χ3n) is 1.06. The Bertz CT molecular complexity index is 123. The fraction of sp³-hybridized carbons (Fsp3) is 1.00. The molecule has 0 atom stereocenters. The minimum atomic E-state index is -0.214. The van der Waals surface area contributed by atoms with E-state index in [1.807, 2.05) is 0 Å². The molecule has 66 valence electrons. The van der Waals surface area contributed by atoms with Crippen molar-refractivity contribution in [2.75, 3.05) is 26.2 Å². The van der Waals surface area contributed by atoms with Crippen LogP contribution in [0.25, 0.3) is 0 Å². The molecule has 0 radical (unpaired) electrons. The van der Waals surface area contributed by atoms with Gasteiger partial charge in [-0.15, -0.1) is 5.01 Å². The van der Waals surface area contributed by atoms with Gasteiger partial charge in [0.15, 0.2) is 0 Å². The predicted octanol–water partition coefficient (Wildman–Crippen LogP) is -1.39. The summed E-state index contributed by atoms with van der Waals surface area (Å²) in [6, 6.07) is 0. The first kappa shape index (κ1) is 9.92. The zero-order chi connectivity index (χ0) is 8.69. The molecule has 0 unspecified atom stereocenters. The molecule has 0 saturated carbocycles. The van der Waals surface area contributed by atoms with Crippen LogP contribution in [0.4, 0.5) is 0 Å². The average molecular weight is 163 g/mol. The molecule has 0 fully saturated rings. The number of nitrogens with two attached hydrogens (primary N) is 1. The summed E-state index contributed by atoms with van der Waals surface area (Å²) in [4.78, 5) is -0.122. The van der Waals surface area contributed by atoms with Crippen molar-refractivity contribution in [2.24, 2.45) is 11.0 Å². The normalized spacial score (nSPS) is 11.6. The van der Waals surface area contributed by atoms with Gasteiger partial charge in [0.05, 0.1) is 19.7 Å². The fourth-order valence-corrected chi connectivity index (χ4v) is 0.599. The lowest BCUT2D eigenvalue weighted by molar-refractivity contribution is -0.690. The summed E-state index contributed by atoms with van der Waals surface area (Å²) in [7, 11) is 0. The standard InChI is InChI=1S/C4H12N4O3/c5-1-2-7(3-4-9)8(11)6-10/h9-10H,1-5H2/p-1/b8-6+. The summed E-state index contributed by atoms with van der Waals surface area (Å²) in [5.41, 5.74) is 5.12. The first-order chi connectivity index (χ1) is 5.26. The van der Waals surface area contributed by atoms with Crippen LogP contribution in [0.5, 0.6) is 0 Å². The van der Waals surface area contributed by atoms with E-state index < -0.39 is 0 Å². The summed E-state index contributed by atoms with van der Waals surface area (Å²) < 4.78 is 0. The van der Waals surface area contributed by atoms with E-state index in [-0.39, 0.29) is 31.2 Å². The van der Waals surface area contributed by atoms with Crippen molar-refractivity contribution in [3.8, 4) is 0 Å². The molecule has 7 heteroatoms. The summed E-state index contributed by atoms with van der Waals surface area (Å²) >= 11 is 0. The average Bonchev–Trinajstić information content (AvgIpc) is 2.03. The van der Waals surface area contributed by atoms with Gasteiger partial charge >= 0.3 is 0 Å². The molecule has 0 aliphatic carbocycles. The van der Waals surface area contributed by atoms with Crippen molar-refractivity contribution in [3.05, 3.63) is 10.4 Å². The highest BCUT2D eigenvalue weighted by molar-refractivity contribution is 4.43. The van der Waals surface area contributed by atoms with Crippen molar-refractivity contribution in [1.29, 1.82) is 0 Å². The van der Waals surface area contributed by atoms with E-state index in [0.717, 1.165) is 5.01 Å². The second-order valence-electron chi connectivity index (χ2n) is 1.80. The molecule has 0 amide bonds. The van der Waals surface area contributed by atoms with Crippen LogP contribution in [0.2, 0.25) is 0 Å². The van der Waals surface area contributed by atoms with Crippen molar-refractivity contribution in [2.45, 2.75) is 0 Å². The molecular formula is C4H11N4O3-. The van der Waals surface area contributed by atoms with Crippen LogP contribution >= 0.6 is 0 Å². The van der Waals surface area contributed by atoms with Crippen LogP contribution < -0.4 is 5.73 Å². The van der Waals surface area contributed by atoms with Crippen molar-refractivity contribution >= 4 is 0 Å². The third-order valence-corrected chi connectivity index (χ3v) is 1.06. The Labute approximate surface area is 63.9 Å². The second kappa shape index (κ2) is 5.69. The number of aliphatic hydroxyl groups is 1. The topological polar surface area (TPSA) is 111 Å². The van der Waals surface area contributed by atoms with E-state index >= 15 is 0 Å². The van der Waals surface area contributed by atoms with E-state index in [9.17, 15) is 10.4 Å². The van der Waals surface area contributed by atoms with Crippen molar-refractivity contribution in [1.82, 2.24) is 5.01 Å². The maximum absolute atomic E-state index is 10.5. The molecular weight excluding hydrogens is 152 g/mol. The number of nitrogens with zero attached hydrogens (tertiary/aromatic N) is 3. The minimum Gasteiger partial charge on any atom is -0.737 e. The smallest absolute Gasteiger partial charge is 0.0999 e. The molecule has 0 aliphatic rings. The van der Waals surface area contributed by atoms with E-state index in [0.29, 0.717) is 0 Å². The summed E-state index contributed by atoms with van der Waals surface area (Å²) in [5.74, 6) is 0. The lowest BCUT2D eigenvalue weighted by atomic mass is 10.6. The van der Waals surface area contributed by atoms with Gasteiger partial charge < -0.3 is 21.3 Å². The van der Waals surface area contributed by atoms with Crippen LogP contribution in [0, 0.1) is 10.4 Å². The first-order valence-electron chi connectivity index (χ1n) is 3.12. The number of hydrogen-bond donors (Lipinski definition) is 2. The molecule has 0 bridgehead atoms. The predicted molar refractivity (Wildman–Crippen MR) is 37.1 cm³/mol. The first-order valence-corrected chi connectivity index (χ1v) is 3.12. The lowest BCUT2D eigenvalue weighted by Crippen LogP contribution is -2.37. The Balaban J connectivity index is 3.87. The minimum absolute atomic E-state index is 0.0619. The molecule has 0 spiro atoms. The zero-order valence-corrected chi connectivity index (χ0v) is 6.01. The van der Waals surface area contributed by atoms with Crippen LogP contribution in [-0.4, -0.2) is 41.3 Å². The van der Waals surface area contributed by atoms with E-state index in [1.54, 1.807) is 0 Å². The van der Waals surface area contributed by atoms with Gasteiger partial charge in [0.2, 0.25) is 0 Å². The number of hydrazine groups is 1. The molecule has 7 nitrogen and oxygen atoms in total. The highest BCUT2D eigenvalue weighted by Crippen LogP contribution is 1.87. The summed E-state index contributed by atoms with van der Waals surface area (Å²) in [6.45, 7) is 0.282. The Hall–Kier alpha value is -1.08. The SMILES string of the molecule is NCCN(CCO)/[N+]([O-])=N\[O-]. The largest absolute Gasteiger partial charge is 0.737 e. The van der Waals surface area contributed by atoms with Gasteiger partial charge in [0, 0.05) is 11.5 Å². The van der Waals surface area contributed by atoms with Gasteiger partial charge in [-0.05, 0) is 5.28 Å². The summed E-state index contributed by atoms with van der Waals surface area (Å²) in [6.07, 6.45) is 0. The van der Waals surface area contributed by atoms with Crippen molar-refractivity contribution in [3.63, 3.8) is 0 Å². The summed E-state index contributed by atoms with van der Waals surface area (Å²) in [5, 5.41) is 31.7. The Morgan fingerprint density at radius 3 is 2.55 bits per heavy atom. The monoisotopic (exact) mass is 163 g/mol. The molecule has 0 aromatic rings. The van der Waals surface area contributed by atoms with Gasteiger partial charge in [0.25, 0.3) is 0 Å². The Morgan fingerprint density at radius 2 is 2.18 bits per heavy atom. The molecule has 0 heterocycles. The van der Waals surface area contributed by atoms with Crippen LogP contribution in [0.1, 0.15) is 0 Å². The van der Waals surface area contributed by atoms with Gasteiger partial charge in [0.1, 0.15) is 0 Å². The van der Waals surface area contributed by atoms with E-state index in [1.165, 1.54) is 0 Å². The van der Waals surface area contributed by atoms with Gasteiger partial charge in [-0.2, -0.15) is 0 Å². The molecule has 0 saturated heterocycles. The fourth-order valence-electron chi connectivity index (χ4n) is 0.599. The van der Waals surface area contributed by atoms with Crippen LogP contribution in [0.15, 0.2) is 5.28 Å². The zero-order valence-electron chi connectivity index (χ0n) is 6.01. The lowest BCUT2D eigenvalue weighted by Gasteiger charge is -2.17. The maximum Gasteiger partial charge on any atom is 0.0999 e. The quantitative estimate of drug-likeness (QED) is 0.294. The highest BCUT2D eigenvalue weighted by atomic mass is 16.6. The number of rotatable bonds is 5. The van der Waals surface area contributed by atoms with Crippen LogP contribution in [0.3, 0.4) is 0 Å². The van der Waals surface area contributed by atoms with Gasteiger partial charge in [-0.3, -0.25) is 0 Å². The third kappa shape index (κ3) is 3.58. The highest BCUT2D eigenvalue weighted by Gasteiger charge is 2.07. The Morgan fingerprint density at radius 1 is 1.55 bits per heavy atom. The number of aliphatic hydroxyl groups excluding tert-OH is 1. The molecule has 11 heavy (non-hydrogen) atoms. The molecule has 0 aromatic carbocycles. The van der Waals surface area contributed by atoms with Gasteiger partial charge in [-0.1, -0.05) is 0 Å². The Kier molecular flexibility index (Phi) is 5.13. The van der Waals surface area contributed by atoms with Gasteiger partial charge in [-0.25, -0.2) is 0 Å². The van der Waals surface area contributed by atoms with Crippen molar-refractivity contribution < 1.29 is 10.1 Å². The molecule has 3 N–H and O–H groups in total. The van der Waals surface area contributed by atoms with E-state index in [4.69, 9.17) is 10.8 Å². The molecule has 0 aliphatic heterocycles. The van der Waals surface area contributed by atoms with E-state index in [2.05, 4.69) is 5.28 Å². The second-order valence-corrected chi connectivity index (χ2v) is 1.80. The van der Waals surface area contributed by atoms with Crippen LogP contribution in [-0.2, 0) is 0 Å². The number of hydrogen-bond acceptors (Lipinski definition) is 5.